The number of pyridine rings is 1. The van der Waals surface area contributed by atoms with E-state index >= 15 is 0 Å². The van der Waals surface area contributed by atoms with Crippen molar-refractivity contribution in [2.45, 2.75) is 39.7 Å². The van der Waals surface area contributed by atoms with Crippen molar-refractivity contribution >= 4 is 5.69 Å². The van der Waals surface area contributed by atoms with Crippen LogP contribution in [0.25, 0.3) is 5.82 Å². The first-order valence-corrected chi connectivity index (χ1v) is 7.24. The number of imidazole rings is 1. The largest absolute Gasteiger partial charge is 0.381 e. The molecule has 3 rings (SSSR count). The summed E-state index contributed by atoms with van der Waals surface area (Å²) in [7, 11) is 0. The summed E-state index contributed by atoms with van der Waals surface area (Å²) in [6, 6.07) is 4.67. The SMILES string of the molecule is CC1CC(C)(C)CC1Nc1ccc(-n2ccnc2)nc1. The van der Waals surface area contributed by atoms with Crippen LogP contribution >= 0.6 is 0 Å². The van der Waals surface area contributed by atoms with Crippen molar-refractivity contribution in [3.63, 3.8) is 0 Å². The van der Waals surface area contributed by atoms with Crippen LogP contribution < -0.4 is 5.32 Å². The first-order valence-electron chi connectivity index (χ1n) is 7.24. The third kappa shape index (κ3) is 2.69. The molecular formula is C16H22N4. The summed E-state index contributed by atoms with van der Waals surface area (Å²) >= 11 is 0. The Morgan fingerprint density at radius 2 is 2.15 bits per heavy atom. The van der Waals surface area contributed by atoms with Gasteiger partial charge in [-0.1, -0.05) is 20.8 Å². The van der Waals surface area contributed by atoms with Crippen molar-refractivity contribution in [3.8, 4) is 5.82 Å². The van der Waals surface area contributed by atoms with E-state index in [1.165, 1.54) is 12.8 Å². The molecule has 2 heterocycles. The van der Waals surface area contributed by atoms with Crippen molar-refractivity contribution in [2.75, 3.05) is 5.32 Å². The monoisotopic (exact) mass is 270 g/mol. The zero-order chi connectivity index (χ0) is 14.2. The highest BCUT2D eigenvalue weighted by molar-refractivity contribution is 5.45. The molecule has 0 spiro atoms. The van der Waals surface area contributed by atoms with Gasteiger partial charge in [-0.05, 0) is 36.3 Å². The maximum absolute atomic E-state index is 4.49. The molecule has 2 aromatic rings. The van der Waals surface area contributed by atoms with Gasteiger partial charge in [-0.3, -0.25) is 4.57 Å². The van der Waals surface area contributed by atoms with Gasteiger partial charge in [0.2, 0.25) is 0 Å². The van der Waals surface area contributed by atoms with Crippen LogP contribution in [-0.4, -0.2) is 20.6 Å². The number of rotatable bonds is 3. The summed E-state index contributed by atoms with van der Waals surface area (Å²) in [6.07, 6.45) is 9.83. The molecule has 4 nitrogen and oxygen atoms in total. The van der Waals surface area contributed by atoms with Crippen molar-refractivity contribution < 1.29 is 0 Å². The van der Waals surface area contributed by atoms with E-state index in [1.54, 1.807) is 12.5 Å². The zero-order valence-electron chi connectivity index (χ0n) is 12.4. The lowest BCUT2D eigenvalue weighted by Crippen LogP contribution is -2.22. The lowest BCUT2D eigenvalue weighted by Gasteiger charge is -2.19. The normalized spacial score (nSPS) is 24.8. The van der Waals surface area contributed by atoms with Gasteiger partial charge in [0.15, 0.2) is 0 Å². The molecule has 4 heteroatoms. The van der Waals surface area contributed by atoms with Crippen LogP contribution in [0.1, 0.15) is 33.6 Å². The maximum Gasteiger partial charge on any atom is 0.137 e. The average molecular weight is 270 g/mol. The summed E-state index contributed by atoms with van der Waals surface area (Å²) in [5.41, 5.74) is 1.55. The average Bonchev–Trinajstić information content (AvgIpc) is 2.99. The quantitative estimate of drug-likeness (QED) is 0.928. The molecule has 1 N–H and O–H groups in total. The zero-order valence-corrected chi connectivity index (χ0v) is 12.4. The van der Waals surface area contributed by atoms with Crippen LogP contribution in [0.3, 0.4) is 0 Å². The van der Waals surface area contributed by atoms with Crippen LogP contribution in [0.15, 0.2) is 37.1 Å². The Labute approximate surface area is 120 Å². The van der Waals surface area contributed by atoms with Gasteiger partial charge < -0.3 is 5.32 Å². The molecule has 1 aliphatic rings. The molecular weight excluding hydrogens is 248 g/mol. The highest BCUT2D eigenvalue weighted by Crippen LogP contribution is 2.41. The first-order chi connectivity index (χ1) is 9.53. The fraction of sp³-hybridized carbons (Fsp3) is 0.500. The van der Waals surface area contributed by atoms with E-state index in [4.69, 9.17) is 0 Å². The minimum atomic E-state index is 0.446. The van der Waals surface area contributed by atoms with Crippen LogP contribution in [0.5, 0.6) is 0 Å². The summed E-state index contributed by atoms with van der Waals surface area (Å²) in [5.74, 6) is 1.60. The minimum absolute atomic E-state index is 0.446. The number of hydrogen-bond acceptors (Lipinski definition) is 3. The Balaban J connectivity index is 1.70. The molecule has 0 bridgehead atoms. The molecule has 1 saturated carbocycles. The number of aromatic nitrogens is 3. The van der Waals surface area contributed by atoms with Crippen LogP contribution in [0.2, 0.25) is 0 Å². The summed E-state index contributed by atoms with van der Waals surface area (Å²) in [6.45, 7) is 7.04. The van der Waals surface area contributed by atoms with Gasteiger partial charge in [0.1, 0.15) is 12.1 Å². The van der Waals surface area contributed by atoms with Crippen LogP contribution in [0.4, 0.5) is 5.69 Å². The highest BCUT2D eigenvalue weighted by Gasteiger charge is 2.36. The second-order valence-corrected chi connectivity index (χ2v) is 6.68. The predicted octanol–water partition coefficient (Wildman–Crippen LogP) is 3.50. The fourth-order valence-electron chi connectivity index (χ4n) is 3.32. The molecule has 0 amide bonds. The van der Waals surface area contributed by atoms with Crippen molar-refractivity contribution in [3.05, 3.63) is 37.1 Å². The van der Waals surface area contributed by atoms with E-state index in [1.807, 2.05) is 23.0 Å². The molecule has 0 aromatic carbocycles. The van der Waals surface area contributed by atoms with E-state index in [0.717, 1.165) is 11.5 Å². The van der Waals surface area contributed by atoms with Gasteiger partial charge in [0.05, 0.1) is 11.9 Å². The number of nitrogens with one attached hydrogen (secondary N) is 1. The molecule has 1 fully saturated rings. The van der Waals surface area contributed by atoms with E-state index in [0.29, 0.717) is 17.4 Å². The van der Waals surface area contributed by atoms with E-state index in [-0.39, 0.29) is 0 Å². The van der Waals surface area contributed by atoms with E-state index in [9.17, 15) is 0 Å². The van der Waals surface area contributed by atoms with Gasteiger partial charge in [0, 0.05) is 18.4 Å². The standard InChI is InChI=1S/C16H22N4/c1-12-8-16(2,3)9-14(12)19-13-4-5-15(18-10-13)20-7-6-17-11-20/h4-7,10-12,14,19H,8-9H2,1-3H3. The van der Waals surface area contributed by atoms with Crippen molar-refractivity contribution in [1.29, 1.82) is 0 Å². The van der Waals surface area contributed by atoms with Crippen LogP contribution in [0, 0.1) is 11.3 Å². The fourth-order valence-corrected chi connectivity index (χ4v) is 3.32. The molecule has 0 radical (unpaired) electrons. The summed E-state index contributed by atoms with van der Waals surface area (Å²) < 4.78 is 1.91. The molecule has 106 valence electrons. The minimum Gasteiger partial charge on any atom is -0.381 e. The molecule has 2 unspecified atom stereocenters. The molecule has 20 heavy (non-hydrogen) atoms. The van der Waals surface area contributed by atoms with Gasteiger partial charge in [0.25, 0.3) is 0 Å². The van der Waals surface area contributed by atoms with Crippen LogP contribution in [-0.2, 0) is 0 Å². The van der Waals surface area contributed by atoms with E-state index in [2.05, 4.69) is 42.1 Å². The van der Waals surface area contributed by atoms with Gasteiger partial charge in [-0.15, -0.1) is 0 Å². The molecule has 2 aromatic heterocycles. The van der Waals surface area contributed by atoms with E-state index < -0.39 is 0 Å². The summed E-state index contributed by atoms with van der Waals surface area (Å²) in [4.78, 5) is 8.52. The maximum atomic E-state index is 4.49. The Kier molecular flexibility index (Phi) is 3.24. The Morgan fingerprint density at radius 1 is 1.30 bits per heavy atom. The molecule has 0 saturated heterocycles. The number of hydrogen-bond donors (Lipinski definition) is 1. The van der Waals surface area contributed by atoms with Crippen molar-refractivity contribution in [1.82, 2.24) is 14.5 Å². The smallest absolute Gasteiger partial charge is 0.137 e. The lowest BCUT2D eigenvalue weighted by atomic mass is 9.91. The first kappa shape index (κ1) is 13.2. The molecule has 1 aliphatic carbocycles. The summed E-state index contributed by atoms with van der Waals surface area (Å²) in [5, 5.41) is 3.63. The third-order valence-corrected chi connectivity index (χ3v) is 4.20. The van der Waals surface area contributed by atoms with Crippen molar-refractivity contribution in [2.24, 2.45) is 11.3 Å². The second kappa shape index (κ2) is 4.93. The highest BCUT2D eigenvalue weighted by atomic mass is 15.1. The predicted molar refractivity (Wildman–Crippen MR) is 80.9 cm³/mol. The lowest BCUT2D eigenvalue weighted by molar-refractivity contribution is 0.366. The van der Waals surface area contributed by atoms with Gasteiger partial charge in [-0.2, -0.15) is 0 Å². The van der Waals surface area contributed by atoms with Gasteiger partial charge in [-0.25, -0.2) is 9.97 Å². The Morgan fingerprint density at radius 3 is 2.70 bits per heavy atom. The Hall–Kier alpha value is -1.84. The number of nitrogens with zero attached hydrogens (tertiary/aromatic N) is 3. The third-order valence-electron chi connectivity index (χ3n) is 4.20. The number of anilines is 1. The topological polar surface area (TPSA) is 42.7 Å². The molecule has 0 aliphatic heterocycles. The second-order valence-electron chi connectivity index (χ2n) is 6.68. The molecule has 2 atom stereocenters. The Bertz CT molecular complexity index is 557. The van der Waals surface area contributed by atoms with Gasteiger partial charge >= 0.3 is 0 Å².